The molecule has 242 valence electrons. The number of rotatable bonds is 6. The van der Waals surface area contributed by atoms with Crippen LogP contribution in [-0.2, 0) is 9.16 Å². The molecule has 0 spiro atoms. The quantitative estimate of drug-likeness (QED) is 0.249. The van der Waals surface area contributed by atoms with Crippen LogP contribution in [0.4, 0.5) is 15.0 Å². The summed E-state index contributed by atoms with van der Waals surface area (Å²) in [5.74, 6) is -0.0807. The lowest BCUT2D eigenvalue weighted by molar-refractivity contribution is 0.000933. The van der Waals surface area contributed by atoms with Crippen molar-refractivity contribution in [3.8, 4) is 11.9 Å². The van der Waals surface area contributed by atoms with Crippen molar-refractivity contribution in [3.63, 3.8) is 0 Å². The molecule has 2 saturated heterocycles. The zero-order chi connectivity index (χ0) is 32.0. The van der Waals surface area contributed by atoms with Gasteiger partial charge in [-0.05, 0) is 71.5 Å². The number of hydrogen-bond donors (Lipinski definition) is 0. The van der Waals surface area contributed by atoms with E-state index in [1.807, 2.05) is 32.6 Å². The van der Waals surface area contributed by atoms with Gasteiger partial charge in [-0.15, -0.1) is 0 Å². The second kappa shape index (κ2) is 10.6. The van der Waals surface area contributed by atoms with Gasteiger partial charge in [0.05, 0.1) is 24.7 Å². The minimum Gasteiger partial charge on any atom is -0.472 e. The average molecular weight is 650 g/mol. The van der Waals surface area contributed by atoms with Crippen LogP contribution < -0.4 is 14.4 Å². The van der Waals surface area contributed by atoms with Crippen molar-refractivity contribution in [1.82, 2.24) is 19.9 Å². The number of amides is 1. The lowest BCUT2D eigenvalue weighted by atomic mass is 9.98. The number of hydrogen-bond acceptors (Lipinski definition) is 9. The lowest BCUT2D eigenvalue weighted by Gasteiger charge is -2.48. The Labute approximate surface area is 265 Å². The molecular weight excluding hydrogens is 605 g/mol. The number of piperazine rings is 1. The lowest BCUT2D eigenvalue weighted by Crippen LogP contribution is -2.65. The monoisotopic (exact) mass is 649 g/mol. The molecular formula is C31H45ClFN5O5Si. The molecule has 2 bridgehead atoms. The normalized spacial score (nSPS) is 25.8. The van der Waals surface area contributed by atoms with Gasteiger partial charge >= 0.3 is 12.1 Å². The number of carbonyl (C=O) groups is 1. The van der Waals surface area contributed by atoms with E-state index < -0.39 is 25.8 Å². The number of halogens is 2. The summed E-state index contributed by atoms with van der Waals surface area (Å²) in [4.78, 5) is 31.0. The van der Waals surface area contributed by atoms with Gasteiger partial charge in [0, 0.05) is 18.6 Å². The summed E-state index contributed by atoms with van der Waals surface area (Å²) < 4.78 is 40.5. The maximum Gasteiger partial charge on any atom is 0.410 e. The molecule has 2 aromatic heterocycles. The van der Waals surface area contributed by atoms with E-state index >= 15 is 4.39 Å². The molecule has 10 nitrogen and oxygen atoms in total. The third-order valence-corrected chi connectivity index (χ3v) is 14.8. The average Bonchev–Trinajstić information content (AvgIpc) is 3.64. The van der Waals surface area contributed by atoms with E-state index in [0.717, 1.165) is 25.7 Å². The topological polar surface area (TPSA) is 99.1 Å². The van der Waals surface area contributed by atoms with Crippen LogP contribution in [0.25, 0.3) is 10.9 Å². The first-order valence-electron chi connectivity index (χ1n) is 15.7. The fourth-order valence-corrected chi connectivity index (χ4v) is 7.60. The summed E-state index contributed by atoms with van der Waals surface area (Å²) in [7, 11) is -1.93. The van der Waals surface area contributed by atoms with Gasteiger partial charge in [0.1, 0.15) is 28.4 Å². The summed E-state index contributed by atoms with van der Waals surface area (Å²) in [5, 5.41) is 0.146. The first kappa shape index (κ1) is 31.5. The second-order valence-electron chi connectivity index (χ2n) is 15.6. The molecule has 44 heavy (non-hydrogen) atoms. The van der Waals surface area contributed by atoms with E-state index in [1.54, 1.807) is 0 Å². The first-order chi connectivity index (χ1) is 20.4. The third-order valence-electron chi connectivity index (χ3n) is 10.0. The van der Waals surface area contributed by atoms with Gasteiger partial charge in [-0.1, -0.05) is 32.4 Å². The van der Waals surface area contributed by atoms with Gasteiger partial charge in [-0.3, -0.25) is 4.90 Å². The Balaban J connectivity index is 1.33. The molecule has 5 heterocycles. The molecule has 0 radical (unpaired) electrons. The van der Waals surface area contributed by atoms with E-state index in [1.165, 1.54) is 0 Å². The smallest absolute Gasteiger partial charge is 0.410 e. The molecule has 4 aliphatic rings. The molecule has 0 aromatic carbocycles. The van der Waals surface area contributed by atoms with Crippen molar-refractivity contribution in [2.24, 2.45) is 5.41 Å². The van der Waals surface area contributed by atoms with Crippen LogP contribution in [0.1, 0.15) is 74.1 Å². The largest absolute Gasteiger partial charge is 0.472 e. The Morgan fingerprint density at radius 2 is 1.82 bits per heavy atom. The van der Waals surface area contributed by atoms with Crippen molar-refractivity contribution in [2.75, 3.05) is 24.7 Å². The number of ether oxygens (including phenoxy) is 3. The fourth-order valence-electron chi connectivity index (χ4n) is 6.33. The summed E-state index contributed by atoms with van der Waals surface area (Å²) in [6, 6.07) is -0.490. The molecule has 13 heteroatoms. The third kappa shape index (κ3) is 5.59. The van der Waals surface area contributed by atoms with E-state index in [9.17, 15) is 4.79 Å². The number of nitrogens with zero attached hydrogens (tertiary/aromatic N) is 5. The maximum absolute atomic E-state index is 15.6. The van der Waals surface area contributed by atoms with Crippen molar-refractivity contribution in [1.29, 1.82) is 0 Å². The second-order valence-corrected chi connectivity index (χ2v) is 20.7. The minimum atomic E-state index is -1.93. The van der Waals surface area contributed by atoms with E-state index in [4.69, 9.17) is 35.2 Å². The van der Waals surface area contributed by atoms with Crippen LogP contribution >= 0.6 is 11.6 Å². The Hall–Kier alpha value is -2.44. The van der Waals surface area contributed by atoms with Crippen LogP contribution in [0, 0.1) is 11.2 Å². The highest BCUT2D eigenvalue weighted by Gasteiger charge is 2.54. The van der Waals surface area contributed by atoms with Crippen LogP contribution in [-0.4, -0.2) is 83.9 Å². The summed E-state index contributed by atoms with van der Waals surface area (Å²) in [6.45, 7) is 20.2. The summed E-state index contributed by atoms with van der Waals surface area (Å²) >= 11 is 6.26. The first-order valence-corrected chi connectivity index (χ1v) is 19.0. The van der Waals surface area contributed by atoms with Crippen LogP contribution in [0.3, 0.4) is 0 Å². The van der Waals surface area contributed by atoms with Gasteiger partial charge in [-0.25, -0.2) is 9.18 Å². The van der Waals surface area contributed by atoms with Gasteiger partial charge in [0.15, 0.2) is 19.3 Å². The number of pyridine rings is 1. The van der Waals surface area contributed by atoms with Crippen LogP contribution in [0.5, 0.6) is 11.9 Å². The standard InChI is InChI=1S/C31H45ClFN5O5Si/c1-17-23-19-11-10-18(38(19)28(39)43-29(2,3)4)14-37(23)25-20-22(21(33)24(32)35-26(20)42-17)34-27(36-25)40-15-31(12-13-31)16-41-44(8,9)30(5,6)7/h17-19,23H,10-16H2,1-9H3/t17-,18+,19-,23+/m0/s1. The van der Waals surface area contributed by atoms with Gasteiger partial charge < -0.3 is 23.5 Å². The molecule has 2 aromatic rings. The van der Waals surface area contributed by atoms with Gasteiger partial charge in [0.2, 0.25) is 5.88 Å². The van der Waals surface area contributed by atoms with E-state index in [2.05, 4.69) is 48.7 Å². The highest BCUT2D eigenvalue weighted by atomic mass is 35.5. The molecule has 3 fully saturated rings. The van der Waals surface area contributed by atoms with E-state index in [-0.39, 0.29) is 57.2 Å². The predicted molar refractivity (Wildman–Crippen MR) is 169 cm³/mol. The highest BCUT2D eigenvalue weighted by Crippen LogP contribution is 2.49. The molecule has 3 aliphatic heterocycles. The van der Waals surface area contributed by atoms with Crippen LogP contribution in [0.2, 0.25) is 23.3 Å². The highest BCUT2D eigenvalue weighted by molar-refractivity contribution is 6.74. The minimum absolute atomic E-state index is 0.0112. The predicted octanol–water partition coefficient (Wildman–Crippen LogP) is 6.74. The molecule has 0 N–H and O–H groups in total. The molecule has 6 rings (SSSR count). The molecule has 1 aliphatic carbocycles. The van der Waals surface area contributed by atoms with Crippen molar-refractivity contribution < 1.29 is 27.8 Å². The Morgan fingerprint density at radius 3 is 2.45 bits per heavy atom. The van der Waals surface area contributed by atoms with Crippen molar-refractivity contribution >= 4 is 42.7 Å². The molecule has 4 atom stereocenters. The Kier molecular flexibility index (Phi) is 7.56. The van der Waals surface area contributed by atoms with Crippen LogP contribution in [0.15, 0.2) is 0 Å². The maximum atomic E-state index is 15.6. The zero-order valence-electron chi connectivity index (χ0n) is 27.3. The van der Waals surface area contributed by atoms with Gasteiger partial charge in [0.25, 0.3) is 0 Å². The molecule has 1 saturated carbocycles. The number of aromatic nitrogens is 3. The number of fused-ring (bicyclic) bond motifs is 5. The van der Waals surface area contributed by atoms with Gasteiger partial charge in [-0.2, -0.15) is 15.0 Å². The Bertz CT molecular complexity index is 1480. The SMILES string of the molecule is C[C@@H]1Oc2nc(Cl)c(F)c3nc(OCC4(CO[Si](C)(C)C(C)(C)C)CC4)nc(c23)N2C[C@H]3CC[C@@H]([C@@H]12)N3C(=O)OC(C)(C)C. The molecule has 0 unspecified atom stereocenters. The fraction of sp³-hybridized carbons (Fsp3) is 0.742. The number of anilines is 1. The Morgan fingerprint density at radius 1 is 1.11 bits per heavy atom. The van der Waals surface area contributed by atoms with Crippen molar-refractivity contribution in [3.05, 3.63) is 11.0 Å². The number of carbonyl (C=O) groups excluding carboxylic acids is 1. The van der Waals surface area contributed by atoms with Crippen molar-refractivity contribution in [2.45, 2.75) is 122 Å². The zero-order valence-corrected chi connectivity index (χ0v) is 29.0. The van der Waals surface area contributed by atoms with E-state index in [0.29, 0.717) is 31.0 Å². The summed E-state index contributed by atoms with van der Waals surface area (Å²) in [6.07, 6.45) is 2.82. The molecule has 1 amide bonds. The summed E-state index contributed by atoms with van der Waals surface area (Å²) in [5.41, 5.74) is -0.718.